The molecule has 0 saturated heterocycles. The number of amides is 1. The largest absolute Gasteiger partial charge is 0.464 e. The molecule has 0 saturated carbocycles. The first-order chi connectivity index (χ1) is 11.6. The lowest BCUT2D eigenvalue weighted by atomic mass is 10.1. The number of carbonyl (C=O) groups is 2. The fraction of sp³-hybridized carbons (Fsp3) is 0.278. The van der Waals surface area contributed by atoms with Crippen LogP contribution >= 0.6 is 0 Å². The Morgan fingerprint density at radius 2 is 2.04 bits per heavy atom. The van der Waals surface area contributed by atoms with Crippen molar-refractivity contribution in [1.82, 2.24) is 10.3 Å². The second kappa shape index (κ2) is 8.67. The number of esters is 1. The first-order valence-electron chi connectivity index (χ1n) is 7.69. The molecule has 0 radical (unpaired) electrons. The van der Waals surface area contributed by atoms with Gasteiger partial charge in [0.1, 0.15) is 17.6 Å². The number of ether oxygens (including phenoxy) is 1. The van der Waals surface area contributed by atoms with Crippen LogP contribution in [0.5, 0.6) is 0 Å². The number of nitrogens with one attached hydrogen (secondary N) is 1. The molecule has 2 heterocycles. The summed E-state index contributed by atoms with van der Waals surface area (Å²) in [5.74, 6) is 0.475. The number of aromatic nitrogens is 1. The van der Waals surface area contributed by atoms with Gasteiger partial charge in [0.25, 0.3) is 0 Å². The van der Waals surface area contributed by atoms with Crippen molar-refractivity contribution in [2.24, 2.45) is 0 Å². The van der Waals surface area contributed by atoms with Crippen molar-refractivity contribution in [1.29, 1.82) is 0 Å². The molecule has 0 aliphatic heterocycles. The van der Waals surface area contributed by atoms with E-state index in [4.69, 9.17) is 9.15 Å². The molecule has 0 spiro atoms. The second-order valence-electron chi connectivity index (χ2n) is 5.15. The monoisotopic (exact) mass is 328 g/mol. The Hall–Kier alpha value is -2.89. The van der Waals surface area contributed by atoms with Gasteiger partial charge in [-0.1, -0.05) is 0 Å². The fourth-order valence-corrected chi connectivity index (χ4v) is 2.11. The van der Waals surface area contributed by atoms with Crippen molar-refractivity contribution in [3.8, 4) is 0 Å². The van der Waals surface area contributed by atoms with Crippen molar-refractivity contribution in [3.05, 3.63) is 59.8 Å². The Kier molecular flexibility index (Phi) is 6.31. The normalized spacial score (nSPS) is 12.1. The maximum atomic E-state index is 12.1. The van der Waals surface area contributed by atoms with Crippen LogP contribution in [0.4, 0.5) is 0 Å². The van der Waals surface area contributed by atoms with E-state index in [0.29, 0.717) is 12.2 Å². The molecule has 24 heavy (non-hydrogen) atoms. The Bertz CT molecular complexity index is 707. The number of rotatable bonds is 7. The summed E-state index contributed by atoms with van der Waals surface area (Å²) in [6.07, 6.45) is 6.49. The molecule has 0 bridgehead atoms. The third-order valence-corrected chi connectivity index (χ3v) is 3.24. The van der Waals surface area contributed by atoms with Gasteiger partial charge in [-0.2, -0.15) is 0 Å². The van der Waals surface area contributed by atoms with Gasteiger partial charge in [0.05, 0.1) is 6.61 Å². The number of hydrogen-bond acceptors (Lipinski definition) is 5. The first kappa shape index (κ1) is 17.5. The van der Waals surface area contributed by atoms with Gasteiger partial charge in [-0.15, -0.1) is 0 Å². The van der Waals surface area contributed by atoms with Crippen molar-refractivity contribution < 1.29 is 18.7 Å². The minimum Gasteiger partial charge on any atom is -0.464 e. The fourth-order valence-electron chi connectivity index (χ4n) is 2.11. The molecule has 0 fully saturated rings. The number of pyridine rings is 1. The molecule has 0 aromatic carbocycles. The number of aryl methyl sites for hydroxylation is 1. The third-order valence-electron chi connectivity index (χ3n) is 3.24. The Labute approximate surface area is 140 Å². The molecular weight excluding hydrogens is 308 g/mol. The Morgan fingerprint density at radius 3 is 2.67 bits per heavy atom. The van der Waals surface area contributed by atoms with Gasteiger partial charge in [0, 0.05) is 24.9 Å². The summed E-state index contributed by atoms with van der Waals surface area (Å²) in [5, 5.41) is 2.66. The van der Waals surface area contributed by atoms with Crippen LogP contribution in [0.2, 0.25) is 0 Å². The highest BCUT2D eigenvalue weighted by molar-refractivity contribution is 5.94. The summed E-state index contributed by atoms with van der Waals surface area (Å²) in [6.45, 7) is 3.80. The quantitative estimate of drug-likeness (QED) is 0.623. The van der Waals surface area contributed by atoms with E-state index in [1.807, 2.05) is 13.0 Å². The van der Waals surface area contributed by atoms with Crippen LogP contribution in [0.3, 0.4) is 0 Å². The van der Waals surface area contributed by atoms with E-state index in [1.54, 1.807) is 43.6 Å². The van der Waals surface area contributed by atoms with Crippen molar-refractivity contribution in [2.45, 2.75) is 26.3 Å². The third kappa shape index (κ3) is 5.39. The average Bonchev–Trinajstić information content (AvgIpc) is 2.99. The number of carbonyl (C=O) groups excluding carboxylic acids is 2. The van der Waals surface area contributed by atoms with Crippen LogP contribution in [0.1, 0.15) is 24.0 Å². The van der Waals surface area contributed by atoms with Gasteiger partial charge in [-0.25, -0.2) is 4.79 Å². The Balaban J connectivity index is 2.02. The molecule has 126 valence electrons. The average molecular weight is 328 g/mol. The highest BCUT2D eigenvalue weighted by Gasteiger charge is 2.21. The standard InChI is InChI=1S/C18H20N2O4/c1-3-23-18(22)16(12-14-8-10-19-11-9-14)20-17(21)7-6-15-5-4-13(2)24-15/h4-11,16H,3,12H2,1-2H3,(H,20,21). The van der Waals surface area contributed by atoms with E-state index in [2.05, 4.69) is 10.3 Å². The predicted octanol–water partition coefficient (Wildman–Crippen LogP) is 2.29. The van der Waals surface area contributed by atoms with Crippen LogP contribution < -0.4 is 5.32 Å². The zero-order chi connectivity index (χ0) is 17.4. The molecule has 0 aliphatic rings. The number of hydrogen-bond donors (Lipinski definition) is 1. The maximum Gasteiger partial charge on any atom is 0.328 e. The molecule has 2 rings (SSSR count). The smallest absolute Gasteiger partial charge is 0.328 e. The van der Waals surface area contributed by atoms with Crippen LogP contribution in [0.15, 0.2) is 47.2 Å². The molecule has 1 atom stereocenters. The van der Waals surface area contributed by atoms with Crippen molar-refractivity contribution in [2.75, 3.05) is 6.61 Å². The van der Waals surface area contributed by atoms with Crippen LogP contribution in [-0.2, 0) is 20.7 Å². The molecule has 2 aromatic rings. The number of furan rings is 1. The maximum absolute atomic E-state index is 12.1. The molecule has 1 N–H and O–H groups in total. The highest BCUT2D eigenvalue weighted by atomic mass is 16.5. The SMILES string of the molecule is CCOC(=O)C(Cc1ccncc1)NC(=O)C=Cc1ccc(C)o1. The van der Waals surface area contributed by atoms with E-state index >= 15 is 0 Å². The van der Waals surface area contributed by atoms with Crippen LogP contribution in [0, 0.1) is 6.92 Å². The molecule has 6 heteroatoms. The summed E-state index contributed by atoms with van der Waals surface area (Å²) < 4.78 is 10.4. The van der Waals surface area contributed by atoms with Gasteiger partial charge in [0.2, 0.25) is 5.91 Å². The number of nitrogens with zero attached hydrogens (tertiary/aromatic N) is 1. The van der Waals surface area contributed by atoms with E-state index in [9.17, 15) is 9.59 Å². The summed E-state index contributed by atoms with van der Waals surface area (Å²) in [6, 6.07) is 6.39. The molecule has 1 unspecified atom stereocenters. The zero-order valence-corrected chi connectivity index (χ0v) is 13.7. The zero-order valence-electron chi connectivity index (χ0n) is 13.7. The summed E-state index contributed by atoms with van der Waals surface area (Å²) in [5.41, 5.74) is 0.883. The lowest BCUT2D eigenvalue weighted by Gasteiger charge is -2.16. The second-order valence-corrected chi connectivity index (χ2v) is 5.15. The summed E-state index contributed by atoms with van der Waals surface area (Å²) >= 11 is 0. The van der Waals surface area contributed by atoms with Crippen LogP contribution in [0.25, 0.3) is 6.08 Å². The van der Waals surface area contributed by atoms with Gasteiger partial charge in [-0.05, 0) is 49.8 Å². The van der Waals surface area contributed by atoms with Gasteiger partial charge in [0.15, 0.2) is 0 Å². The van der Waals surface area contributed by atoms with Gasteiger partial charge >= 0.3 is 5.97 Å². The minimum absolute atomic E-state index is 0.253. The predicted molar refractivity (Wildman–Crippen MR) is 89.0 cm³/mol. The van der Waals surface area contributed by atoms with Crippen molar-refractivity contribution in [3.63, 3.8) is 0 Å². The van der Waals surface area contributed by atoms with Gasteiger partial charge in [-0.3, -0.25) is 9.78 Å². The van der Waals surface area contributed by atoms with Gasteiger partial charge < -0.3 is 14.5 Å². The lowest BCUT2D eigenvalue weighted by Crippen LogP contribution is -2.42. The van der Waals surface area contributed by atoms with E-state index in [-0.39, 0.29) is 6.61 Å². The molecule has 0 aliphatic carbocycles. The lowest BCUT2D eigenvalue weighted by molar-refractivity contribution is -0.146. The minimum atomic E-state index is -0.761. The van der Waals surface area contributed by atoms with Crippen molar-refractivity contribution >= 4 is 18.0 Å². The van der Waals surface area contributed by atoms with E-state index in [0.717, 1.165) is 11.3 Å². The summed E-state index contributed by atoms with van der Waals surface area (Å²) in [7, 11) is 0. The van der Waals surface area contributed by atoms with Crippen LogP contribution in [-0.4, -0.2) is 29.5 Å². The molecule has 1 amide bonds. The molecular formula is C18H20N2O4. The molecule has 2 aromatic heterocycles. The van der Waals surface area contributed by atoms with E-state index < -0.39 is 17.9 Å². The molecule has 6 nitrogen and oxygen atoms in total. The highest BCUT2D eigenvalue weighted by Crippen LogP contribution is 2.08. The topological polar surface area (TPSA) is 81.4 Å². The van der Waals surface area contributed by atoms with E-state index in [1.165, 1.54) is 6.08 Å². The summed E-state index contributed by atoms with van der Waals surface area (Å²) in [4.78, 5) is 28.1. The first-order valence-corrected chi connectivity index (χ1v) is 7.69. The Morgan fingerprint density at radius 1 is 1.29 bits per heavy atom.